The van der Waals surface area contributed by atoms with Gasteiger partial charge < -0.3 is 10.4 Å². The first kappa shape index (κ1) is 12.8. The van der Waals surface area contributed by atoms with Crippen molar-refractivity contribution < 1.29 is 27.9 Å². The number of carboxylic acid groups (broad SMARTS) is 1. The zero-order valence-corrected chi connectivity index (χ0v) is 8.38. The van der Waals surface area contributed by atoms with Gasteiger partial charge in [-0.3, -0.25) is 9.59 Å². The number of carbonyl (C=O) groups excluding carboxylic acids is 1. The van der Waals surface area contributed by atoms with Crippen LogP contribution in [0.25, 0.3) is 0 Å². The molecule has 7 heteroatoms. The van der Waals surface area contributed by atoms with Crippen molar-refractivity contribution in [1.29, 1.82) is 0 Å². The Morgan fingerprint density at radius 3 is 2.44 bits per heavy atom. The Morgan fingerprint density at radius 1 is 1.31 bits per heavy atom. The second-order valence-corrected chi connectivity index (χ2v) is 3.87. The standard InChI is InChI=1S/C9H12F3NO3/c10-9(11,12)8(16)13-6-3-1-2-5(6)4-7(14)15/h5-6H,1-4H2,(H,13,16)(H,14,15)/t5-,6+/m0/s1. The van der Waals surface area contributed by atoms with Crippen LogP contribution in [0, 0.1) is 5.92 Å². The summed E-state index contributed by atoms with van der Waals surface area (Å²) in [7, 11) is 0. The molecule has 2 N–H and O–H groups in total. The maximum Gasteiger partial charge on any atom is 0.471 e. The van der Waals surface area contributed by atoms with Crippen LogP contribution in [0.1, 0.15) is 25.7 Å². The second kappa shape index (κ2) is 4.71. The maximum absolute atomic E-state index is 12.0. The van der Waals surface area contributed by atoms with Crippen molar-refractivity contribution in [3.8, 4) is 0 Å². The maximum atomic E-state index is 12.0. The monoisotopic (exact) mass is 239 g/mol. The fourth-order valence-corrected chi connectivity index (χ4v) is 1.95. The molecule has 1 aliphatic rings. The predicted octanol–water partition coefficient (Wildman–Crippen LogP) is 1.31. The number of hydrogen-bond donors (Lipinski definition) is 2. The fourth-order valence-electron chi connectivity index (χ4n) is 1.95. The molecule has 1 amide bonds. The van der Waals surface area contributed by atoms with Crippen LogP contribution in [0.2, 0.25) is 0 Å². The van der Waals surface area contributed by atoms with E-state index in [0.29, 0.717) is 19.3 Å². The lowest BCUT2D eigenvalue weighted by Gasteiger charge is -2.20. The van der Waals surface area contributed by atoms with E-state index in [9.17, 15) is 22.8 Å². The van der Waals surface area contributed by atoms with Gasteiger partial charge >= 0.3 is 18.1 Å². The molecule has 0 aromatic heterocycles. The number of carboxylic acids is 1. The lowest BCUT2D eigenvalue weighted by atomic mass is 9.99. The zero-order chi connectivity index (χ0) is 12.3. The van der Waals surface area contributed by atoms with Crippen molar-refractivity contribution in [1.82, 2.24) is 5.32 Å². The quantitative estimate of drug-likeness (QED) is 0.780. The first-order chi connectivity index (χ1) is 7.30. The number of alkyl halides is 3. The predicted molar refractivity (Wildman–Crippen MR) is 47.6 cm³/mol. The molecule has 0 aliphatic heterocycles. The van der Waals surface area contributed by atoms with Gasteiger partial charge in [0.25, 0.3) is 0 Å². The molecule has 1 fully saturated rings. The third kappa shape index (κ3) is 3.39. The van der Waals surface area contributed by atoms with Gasteiger partial charge in [0.2, 0.25) is 0 Å². The number of carbonyl (C=O) groups is 2. The van der Waals surface area contributed by atoms with Crippen LogP contribution in [0.4, 0.5) is 13.2 Å². The molecule has 0 heterocycles. The zero-order valence-electron chi connectivity index (χ0n) is 8.38. The van der Waals surface area contributed by atoms with Crippen LogP contribution in [-0.4, -0.2) is 29.2 Å². The lowest BCUT2D eigenvalue weighted by molar-refractivity contribution is -0.174. The Labute approximate surface area is 89.8 Å². The highest BCUT2D eigenvalue weighted by Gasteiger charge is 2.41. The van der Waals surface area contributed by atoms with Gasteiger partial charge in [0.15, 0.2) is 0 Å². The minimum absolute atomic E-state index is 0.206. The third-order valence-electron chi connectivity index (χ3n) is 2.67. The molecule has 1 saturated carbocycles. The first-order valence-corrected chi connectivity index (χ1v) is 4.90. The van der Waals surface area contributed by atoms with E-state index < -0.39 is 30.0 Å². The van der Waals surface area contributed by atoms with Crippen LogP contribution in [-0.2, 0) is 9.59 Å². The van der Waals surface area contributed by atoms with E-state index in [2.05, 4.69) is 0 Å². The fraction of sp³-hybridized carbons (Fsp3) is 0.778. The topological polar surface area (TPSA) is 66.4 Å². The first-order valence-electron chi connectivity index (χ1n) is 4.90. The van der Waals surface area contributed by atoms with E-state index in [1.54, 1.807) is 0 Å². The average molecular weight is 239 g/mol. The molecule has 0 radical (unpaired) electrons. The Bertz CT molecular complexity index is 290. The molecule has 0 saturated heterocycles. The molecule has 0 unspecified atom stereocenters. The van der Waals surface area contributed by atoms with Crippen LogP contribution >= 0.6 is 0 Å². The number of hydrogen-bond acceptors (Lipinski definition) is 2. The van der Waals surface area contributed by atoms with Crippen molar-refractivity contribution in [3.63, 3.8) is 0 Å². The minimum atomic E-state index is -4.91. The third-order valence-corrected chi connectivity index (χ3v) is 2.67. The molecule has 0 aromatic rings. The molecule has 4 nitrogen and oxygen atoms in total. The van der Waals surface area contributed by atoms with Gasteiger partial charge in [-0.15, -0.1) is 0 Å². The van der Waals surface area contributed by atoms with E-state index in [0.717, 1.165) is 0 Å². The normalized spacial score (nSPS) is 25.4. The van der Waals surface area contributed by atoms with Crippen molar-refractivity contribution >= 4 is 11.9 Å². The van der Waals surface area contributed by atoms with E-state index in [-0.39, 0.29) is 6.42 Å². The number of aliphatic carboxylic acids is 1. The van der Waals surface area contributed by atoms with E-state index >= 15 is 0 Å². The summed E-state index contributed by atoms with van der Waals surface area (Å²) in [5.41, 5.74) is 0. The SMILES string of the molecule is O=C(O)C[C@@H]1CCC[C@H]1NC(=O)C(F)(F)F. The van der Waals surface area contributed by atoms with Crippen LogP contribution < -0.4 is 5.32 Å². The van der Waals surface area contributed by atoms with Gasteiger partial charge in [-0.2, -0.15) is 13.2 Å². The van der Waals surface area contributed by atoms with Crippen LogP contribution in [0.15, 0.2) is 0 Å². The second-order valence-electron chi connectivity index (χ2n) is 3.87. The van der Waals surface area contributed by atoms with E-state index in [1.807, 2.05) is 5.32 Å². The van der Waals surface area contributed by atoms with Gasteiger partial charge in [0.05, 0.1) is 6.42 Å². The van der Waals surface area contributed by atoms with E-state index in [1.165, 1.54) is 0 Å². The Balaban J connectivity index is 2.53. The molecular weight excluding hydrogens is 227 g/mol. The molecule has 16 heavy (non-hydrogen) atoms. The number of rotatable bonds is 3. The number of nitrogens with one attached hydrogen (secondary N) is 1. The lowest BCUT2D eigenvalue weighted by Crippen LogP contribution is -2.44. The molecule has 0 aromatic carbocycles. The summed E-state index contributed by atoms with van der Waals surface area (Å²) in [4.78, 5) is 21.1. The van der Waals surface area contributed by atoms with Gasteiger partial charge in [0.1, 0.15) is 0 Å². The van der Waals surface area contributed by atoms with Gasteiger partial charge in [-0.25, -0.2) is 0 Å². The highest BCUT2D eigenvalue weighted by Crippen LogP contribution is 2.29. The molecular formula is C9H12F3NO3. The summed E-state index contributed by atoms with van der Waals surface area (Å²) in [6.07, 6.45) is -3.53. The van der Waals surface area contributed by atoms with E-state index in [4.69, 9.17) is 5.11 Å². The Hall–Kier alpha value is -1.27. The Morgan fingerprint density at radius 2 is 1.94 bits per heavy atom. The summed E-state index contributed by atoms with van der Waals surface area (Å²) < 4.78 is 35.9. The van der Waals surface area contributed by atoms with Crippen molar-refractivity contribution in [2.75, 3.05) is 0 Å². The molecule has 92 valence electrons. The summed E-state index contributed by atoms with van der Waals surface area (Å²) in [6, 6.07) is -0.676. The minimum Gasteiger partial charge on any atom is -0.481 e. The van der Waals surface area contributed by atoms with Gasteiger partial charge in [-0.05, 0) is 18.8 Å². The molecule has 2 atom stereocenters. The summed E-state index contributed by atoms with van der Waals surface area (Å²) in [6.45, 7) is 0. The molecule has 0 bridgehead atoms. The van der Waals surface area contributed by atoms with Gasteiger partial charge in [-0.1, -0.05) is 6.42 Å². The summed E-state index contributed by atoms with van der Waals surface area (Å²) in [5.74, 6) is -3.45. The average Bonchev–Trinajstić information content (AvgIpc) is 2.50. The van der Waals surface area contributed by atoms with Crippen molar-refractivity contribution in [3.05, 3.63) is 0 Å². The number of amides is 1. The van der Waals surface area contributed by atoms with Crippen molar-refractivity contribution in [2.45, 2.75) is 37.9 Å². The van der Waals surface area contributed by atoms with Crippen LogP contribution in [0.3, 0.4) is 0 Å². The Kier molecular flexibility index (Phi) is 3.77. The summed E-state index contributed by atoms with van der Waals surface area (Å²) >= 11 is 0. The number of halogens is 3. The molecule has 1 aliphatic carbocycles. The summed E-state index contributed by atoms with van der Waals surface area (Å²) in [5, 5.41) is 10.4. The molecule has 0 spiro atoms. The van der Waals surface area contributed by atoms with Gasteiger partial charge in [0, 0.05) is 6.04 Å². The van der Waals surface area contributed by atoms with Crippen LogP contribution in [0.5, 0.6) is 0 Å². The highest BCUT2D eigenvalue weighted by molar-refractivity contribution is 5.82. The smallest absolute Gasteiger partial charge is 0.471 e. The van der Waals surface area contributed by atoms with Crippen molar-refractivity contribution in [2.24, 2.45) is 5.92 Å². The highest BCUT2D eigenvalue weighted by atomic mass is 19.4. The largest absolute Gasteiger partial charge is 0.481 e. The molecule has 1 rings (SSSR count).